The number of hydrogen-bond donors (Lipinski definition) is 3. The lowest BCUT2D eigenvalue weighted by atomic mass is 10.1. The molecule has 0 unspecified atom stereocenters. The van der Waals surface area contributed by atoms with Crippen LogP contribution in [0.3, 0.4) is 0 Å². The second-order valence-corrected chi connectivity index (χ2v) is 9.77. The molecular formula is C19H28N4O6S. The number of piperazine rings is 1. The average molecular weight is 441 g/mol. The number of carbonyl (C=O) groups excluding carboxylic acids is 2. The van der Waals surface area contributed by atoms with E-state index < -0.39 is 34.1 Å². The molecule has 11 heteroatoms. The number of ether oxygens (including phenoxy) is 1. The number of nitrogens with two attached hydrogens (primary N) is 1. The number of nitrogens with one attached hydrogen (secondary N) is 1. The monoisotopic (exact) mass is 440 g/mol. The fourth-order valence-electron chi connectivity index (χ4n) is 3.25. The molecule has 4 N–H and O–H groups in total. The van der Waals surface area contributed by atoms with Crippen LogP contribution in [0.1, 0.15) is 23.2 Å². The van der Waals surface area contributed by atoms with Crippen LogP contribution in [0.15, 0.2) is 24.3 Å². The molecule has 0 aromatic heterocycles. The third kappa shape index (κ3) is 5.48. The van der Waals surface area contributed by atoms with Gasteiger partial charge in [0.1, 0.15) is 5.75 Å². The zero-order chi connectivity index (χ0) is 21.9. The summed E-state index contributed by atoms with van der Waals surface area (Å²) in [5.74, 6) is -0.188. The number of nitrogens with zero attached hydrogens (tertiary/aromatic N) is 2. The molecule has 1 aliphatic carbocycles. The van der Waals surface area contributed by atoms with Gasteiger partial charge in [0, 0.05) is 31.7 Å². The molecule has 166 valence electrons. The van der Waals surface area contributed by atoms with Crippen molar-refractivity contribution in [2.24, 2.45) is 11.7 Å². The van der Waals surface area contributed by atoms with E-state index in [-0.39, 0.29) is 26.2 Å². The van der Waals surface area contributed by atoms with Gasteiger partial charge in [-0.1, -0.05) is 0 Å². The van der Waals surface area contributed by atoms with Crippen molar-refractivity contribution in [1.82, 2.24) is 14.5 Å². The van der Waals surface area contributed by atoms with Crippen molar-refractivity contribution in [3.05, 3.63) is 29.8 Å². The highest BCUT2D eigenvalue weighted by molar-refractivity contribution is 7.88. The topological polar surface area (TPSA) is 142 Å². The minimum absolute atomic E-state index is 0.107. The summed E-state index contributed by atoms with van der Waals surface area (Å²) in [6.07, 6.45) is 3.48. The first-order valence-corrected chi connectivity index (χ1v) is 11.7. The van der Waals surface area contributed by atoms with Crippen LogP contribution in [0.25, 0.3) is 0 Å². The van der Waals surface area contributed by atoms with Gasteiger partial charge in [0.2, 0.25) is 15.7 Å². The maximum Gasteiger partial charge on any atom is 0.266 e. The molecule has 30 heavy (non-hydrogen) atoms. The van der Waals surface area contributed by atoms with E-state index in [2.05, 4.69) is 5.32 Å². The molecule has 1 aromatic carbocycles. The molecule has 2 aliphatic rings. The van der Waals surface area contributed by atoms with Gasteiger partial charge in [-0.3, -0.25) is 14.5 Å². The van der Waals surface area contributed by atoms with Gasteiger partial charge in [0.15, 0.2) is 0 Å². The van der Waals surface area contributed by atoms with Crippen LogP contribution in [-0.4, -0.2) is 85.9 Å². The normalized spacial score (nSPS) is 20.3. The highest BCUT2D eigenvalue weighted by atomic mass is 32.2. The molecule has 1 atom stereocenters. The molecule has 2 fully saturated rings. The Labute approximate surface area is 176 Å². The zero-order valence-corrected chi connectivity index (χ0v) is 17.7. The van der Waals surface area contributed by atoms with Crippen LogP contribution in [0.4, 0.5) is 0 Å². The number of primary amides is 1. The number of amides is 2. The summed E-state index contributed by atoms with van der Waals surface area (Å²) >= 11 is 0. The van der Waals surface area contributed by atoms with Crippen molar-refractivity contribution in [2.45, 2.75) is 18.6 Å². The first-order valence-electron chi connectivity index (χ1n) is 9.83. The summed E-state index contributed by atoms with van der Waals surface area (Å²) in [4.78, 5) is 25.8. The predicted octanol–water partition coefficient (Wildman–Crippen LogP) is -1.04. The molecule has 0 bridgehead atoms. The Kier molecular flexibility index (Phi) is 6.65. The number of aliphatic hydroxyl groups is 1. The number of sulfonamides is 1. The SMILES string of the molecule is CS(=O)(=O)N1CCN([C@](O)(CNC(=O)c2ccc(OCC3CC3)cc2)C(N)=O)CC1. The Bertz CT molecular complexity index is 879. The van der Waals surface area contributed by atoms with Crippen LogP contribution >= 0.6 is 0 Å². The third-order valence-electron chi connectivity index (χ3n) is 5.42. The lowest BCUT2D eigenvalue weighted by Gasteiger charge is -2.41. The fraction of sp³-hybridized carbons (Fsp3) is 0.579. The van der Waals surface area contributed by atoms with E-state index in [0.29, 0.717) is 23.8 Å². The van der Waals surface area contributed by atoms with Gasteiger partial charge in [-0.15, -0.1) is 0 Å². The van der Waals surface area contributed by atoms with E-state index in [0.717, 1.165) is 6.26 Å². The largest absolute Gasteiger partial charge is 0.493 e. The summed E-state index contributed by atoms with van der Waals surface area (Å²) in [6.45, 7) is 0.698. The van der Waals surface area contributed by atoms with Crippen LogP contribution < -0.4 is 15.8 Å². The Morgan fingerprint density at radius 3 is 2.30 bits per heavy atom. The van der Waals surface area contributed by atoms with Gasteiger partial charge in [-0.25, -0.2) is 8.42 Å². The first kappa shape index (κ1) is 22.5. The van der Waals surface area contributed by atoms with Crippen molar-refractivity contribution in [3.63, 3.8) is 0 Å². The van der Waals surface area contributed by atoms with E-state index >= 15 is 0 Å². The molecule has 1 heterocycles. The number of carbonyl (C=O) groups is 2. The maximum absolute atomic E-state index is 12.4. The molecule has 1 saturated heterocycles. The molecule has 1 aromatic rings. The Morgan fingerprint density at radius 2 is 1.80 bits per heavy atom. The van der Waals surface area contributed by atoms with Gasteiger partial charge in [-0.05, 0) is 43.0 Å². The average Bonchev–Trinajstić information content (AvgIpc) is 3.54. The van der Waals surface area contributed by atoms with E-state index in [4.69, 9.17) is 10.5 Å². The lowest BCUT2D eigenvalue weighted by Crippen LogP contribution is -2.67. The van der Waals surface area contributed by atoms with Gasteiger partial charge in [0.25, 0.3) is 11.8 Å². The van der Waals surface area contributed by atoms with Crippen LogP contribution in [0.5, 0.6) is 5.75 Å². The predicted molar refractivity (Wildman–Crippen MR) is 109 cm³/mol. The van der Waals surface area contributed by atoms with Gasteiger partial charge >= 0.3 is 0 Å². The van der Waals surface area contributed by atoms with E-state index in [1.165, 1.54) is 22.0 Å². The highest BCUT2D eigenvalue weighted by Crippen LogP contribution is 2.29. The van der Waals surface area contributed by atoms with Crippen molar-refractivity contribution in [1.29, 1.82) is 0 Å². The number of rotatable bonds is 9. The maximum atomic E-state index is 12.4. The second kappa shape index (κ2) is 8.88. The standard InChI is InChI=1S/C19H28N4O6S/c1-30(27,28)23-10-8-22(9-11-23)19(26,18(20)25)13-21-17(24)15-4-6-16(7-5-15)29-12-14-2-3-14/h4-7,14,26H,2-3,8-13H2,1H3,(H2,20,25)(H,21,24)/t19-/m0/s1. The quantitative estimate of drug-likeness (QED) is 0.445. The Morgan fingerprint density at radius 1 is 1.20 bits per heavy atom. The van der Waals surface area contributed by atoms with E-state index in [1.807, 2.05) is 0 Å². The Balaban J connectivity index is 1.57. The highest BCUT2D eigenvalue weighted by Gasteiger charge is 2.43. The molecule has 0 spiro atoms. The van der Waals surface area contributed by atoms with Crippen molar-refractivity contribution in [3.8, 4) is 5.75 Å². The number of benzene rings is 1. The number of hydrogen-bond acceptors (Lipinski definition) is 7. The molecule has 0 radical (unpaired) electrons. The van der Waals surface area contributed by atoms with E-state index in [9.17, 15) is 23.1 Å². The third-order valence-corrected chi connectivity index (χ3v) is 6.72. The van der Waals surface area contributed by atoms with Gasteiger partial charge < -0.3 is 20.9 Å². The lowest BCUT2D eigenvalue weighted by molar-refractivity contribution is -0.161. The molecule has 1 saturated carbocycles. The minimum Gasteiger partial charge on any atom is -0.493 e. The summed E-state index contributed by atoms with van der Waals surface area (Å²) < 4.78 is 30.2. The summed E-state index contributed by atoms with van der Waals surface area (Å²) in [5, 5.41) is 13.4. The molecule has 3 rings (SSSR count). The molecule has 2 amide bonds. The van der Waals surface area contributed by atoms with Gasteiger partial charge in [-0.2, -0.15) is 4.31 Å². The van der Waals surface area contributed by atoms with Crippen LogP contribution in [0.2, 0.25) is 0 Å². The molecular weight excluding hydrogens is 412 g/mol. The van der Waals surface area contributed by atoms with Gasteiger partial charge in [0.05, 0.1) is 19.4 Å². The Hall–Kier alpha value is -2.21. The minimum atomic E-state index is -3.36. The summed E-state index contributed by atoms with van der Waals surface area (Å²) in [6, 6.07) is 6.60. The van der Waals surface area contributed by atoms with Crippen molar-refractivity contribution in [2.75, 3.05) is 45.6 Å². The first-order chi connectivity index (χ1) is 14.1. The van der Waals surface area contributed by atoms with Crippen molar-refractivity contribution >= 4 is 21.8 Å². The molecule has 1 aliphatic heterocycles. The van der Waals surface area contributed by atoms with Crippen LogP contribution in [0, 0.1) is 5.92 Å². The smallest absolute Gasteiger partial charge is 0.266 e. The zero-order valence-electron chi connectivity index (χ0n) is 16.9. The second-order valence-electron chi connectivity index (χ2n) is 7.79. The summed E-state index contributed by atoms with van der Waals surface area (Å²) in [5.41, 5.74) is 3.63. The van der Waals surface area contributed by atoms with Crippen LogP contribution in [-0.2, 0) is 14.8 Å². The van der Waals surface area contributed by atoms with E-state index in [1.54, 1.807) is 24.3 Å². The molecule has 10 nitrogen and oxygen atoms in total. The summed E-state index contributed by atoms with van der Waals surface area (Å²) in [7, 11) is -3.36. The fourth-order valence-corrected chi connectivity index (χ4v) is 4.08. The van der Waals surface area contributed by atoms with Crippen molar-refractivity contribution < 1.29 is 27.9 Å².